The highest BCUT2D eigenvalue weighted by Crippen LogP contribution is 2.16. The average molecular weight is 379 g/mol. The number of benzene rings is 2. The molecule has 0 spiro atoms. The Labute approximate surface area is 168 Å². The summed E-state index contributed by atoms with van der Waals surface area (Å²) < 4.78 is 5.94. The lowest BCUT2D eigenvalue weighted by Gasteiger charge is -2.29. The first-order valence-electron chi connectivity index (χ1n) is 10.1. The fraction of sp³-hybridized carbons (Fsp3) is 0.375. The van der Waals surface area contributed by atoms with Crippen molar-refractivity contribution in [3.05, 3.63) is 84.4 Å². The number of nitrogens with one attached hydrogen (secondary N) is 1. The third kappa shape index (κ3) is 5.78. The molecule has 0 saturated carbocycles. The van der Waals surface area contributed by atoms with Crippen LogP contribution < -0.4 is 5.32 Å². The van der Waals surface area contributed by atoms with Crippen LogP contribution in [-0.2, 0) is 22.7 Å². The van der Waals surface area contributed by atoms with E-state index in [1.165, 1.54) is 0 Å². The predicted octanol–water partition coefficient (Wildman–Crippen LogP) is 3.79. The van der Waals surface area contributed by atoms with Gasteiger partial charge in [-0.3, -0.25) is 4.79 Å². The zero-order valence-electron chi connectivity index (χ0n) is 16.4. The number of ether oxygens (including phenoxy) is 1. The van der Waals surface area contributed by atoms with E-state index in [0.717, 1.165) is 37.1 Å². The van der Waals surface area contributed by atoms with Gasteiger partial charge >= 0.3 is 0 Å². The van der Waals surface area contributed by atoms with E-state index >= 15 is 0 Å². The minimum absolute atomic E-state index is 0.0828. The molecule has 3 rings (SSSR count). The Bertz CT molecular complexity index is 727. The van der Waals surface area contributed by atoms with Crippen molar-refractivity contribution in [1.82, 2.24) is 10.2 Å². The first kappa shape index (κ1) is 20.3. The van der Waals surface area contributed by atoms with E-state index in [9.17, 15) is 4.79 Å². The summed E-state index contributed by atoms with van der Waals surface area (Å²) in [5.74, 6) is 0.0715. The molecule has 4 heteroatoms. The molecule has 1 aliphatic heterocycles. The van der Waals surface area contributed by atoms with Gasteiger partial charge in [-0.2, -0.15) is 0 Å². The number of rotatable bonds is 10. The minimum Gasteiger partial charge on any atom is -0.376 e. The Morgan fingerprint density at radius 2 is 1.64 bits per heavy atom. The van der Waals surface area contributed by atoms with Crippen LogP contribution in [0.3, 0.4) is 0 Å². The highest BCUT2D eigenvalue weighted by Gasteiger charge is 2.31. The van der Waals surface area contributed by atoms with Crippen molar-refractivity contribution in [2.75, 3.05) is 19.7 Å². The molecule has 1 saturated heterocycles. The summed E-state index contributed by atoms with van der Waals surface area (Å²) in [5.41, 5.74) is 2.29. The number of carbonyl (C=O) groups excluding carboxylic acids is 1. The van der Waals surface area contributed by atoms with E-state index in [1.54, 1.807) is 0 Å². The molecule has 0 bridgehead atoms. The Morgan fingerprint density at radius 1 is 1.04 bits per heavy atom. The Balaban J connectivity index is 1.63. The number of nitrogens with zero attached hydrogens (tertiary/aromatic N) is 1. The Morgan fingerprint density at radius 3 is 2.25 bits per heavy atom. The molecule has 2 aromatic rings. The average Bonchev–Trinajstić information content (AvgIpc) is 3.29. The van der Waals surface area contributed by atoms with Gasteiger partial charge in [0.2, 0.25) is 5.91 Å². The second-order valence-corrected chi connectivity index (χ2v) is 7.28. The molecule has 148 valence electrons. The number of hydrogen-bond donors (Lipinski definition) is 1. The molecule has 0 radical (unpaired) electrons. The predicted molar refractivity (Wildman–Crippen MR) is 113 cm³/mol. The van der Waals surface area contributed by atoms with Crippen molar-refractivity contribution in [1.29, 1.82) is 0 Å². The van der Waals surface area contributed by atoms with Gasteiger partial charge in [0.05, 0.1) is 19.3 Å². The second-order valence-electron chi connectivity index (χ2n) is 7.28. The van der Waals surface area contributed by atoms with Gasteiger partial charge < -0.3 is 15.0 Å². The first-order chi connectivity index (χ1) is 13.8. The maximum atomic E-state index is 13.2. The van der Waals surface area contributed by atoms with Crippen LogP contribution in [0.5, 0.6) is 0 Å². The van der Waals surface area contributed by atoms with Crippen LogP contribution in [0.15, 0.2) is 73.3 Å². The van der Waals surface area contributed by atoms with Crippen LogP contribution >= 0.6 is 0 Å². The maximum absolute atomic E-state index is 13.2. The van der Waals surface area contributed by atoms with Crippen molar-refractivity contribution in [2.24, 2.45) is 5.92 Å². The van der Waals surface area contributed by atoms with Crippen molar-refractivity contribution in [3.8, 4) is 0 Å². The Hall–Kier alpha value is -2.43. The lowest BCUT2D eigenvalue weighted by molar-refractivity contribution is -0.134. The topological polar surface area (TPSA) is 41.6 Å². The molecular formula is C24H30N2O2. The molecule has 4 nitrogen and oxygen atoms in total. The third-order valence-corrected chi connectivity index (χ3v) is 5.21. The zero-order valence-corrected chi connectivity index (χ0v) is 16.4. The smallest absolute Gasteiger partial charge is 0.240 e. The summed E-state index contributed by atoms with van der Waals surface area (Å²) in [6.07, 6.45) is 4.02. The second kappa shape index (κ2) is 10.8. The van der Waals surface area contributed by atoms with Crippen LogP contribution in [0.4, 0.5) is 0 Å². The van der Waals surface area contributed by atoms with Gasteiger partial charge in [-0.05, 0) is 24.0 Å². The van der Waals surface area contributed by atoms with E-state index < -0.39 is 0 Å². The van der Waals surface area contributed by atoms with Gasteiger partial charge in [-0.25, -0.2) is 0 Å². The summed E-state index contributed by atoms with van der Waals surface area (Å²) in [6.45, 7) is 7.32. The fourth-order valence-electron chi connectivity index (χ4n) is 3.57. The van der Waals surface area contributed by atoms with E-state index in [2.05, 4.69) is 24.0 Å². The van der Waals surface area contributed by atoms with Gasteiger partial charge in [0.25, 0.3) is 0 Å². The van der Waals surface area contributed by atoms with Crippen molar-refractivity contribution < 1.29 is 9.53 Å². The molecule has 1 fully saturated rings. The molecule has 1 N–H and O–H groups in total. The minimum atomic E-state index is -0.327. The Kier molecular flexibility index (Phi) is 7.82. The lowest BCUT2D eigenvalue weighted by atomic mass is 9.98. The number of likely N-dealkylation sites (tertiary alicyclic amines) is 1. The molecular weight excluding hydrogens is 348 g/mol. The standard InChI is InChI=1S/C24H30N2O2/c1-2-22(19-28-18-21-13-7-4-8-14-21)23(24(27)26-15-9-10-16-26)25-17-20-11-5-3-6-12-20/h2-8,11-14,22-23,25H,1,9-10,15-19H2/t22-,23-/m1/s1. The number of hydrogen-bond acceptors (Lipinski definition) is 3. The molecule has 28 heavy (non-hydrogen) atoms. The molecule has 1 heterocycles. The van der Waals surface area contributed by atoms with E-state index in [-0.39, 0.29) is 17.9 Å². The third-order valence-electron chi connectivity index (χ3n) is 5.21. The molecule has 1 amide bonds. The lowest BCUT2D eigenvalue weighted by Crippen LogP contribution is -2.50. The summed E-state index contributed by atoms with van der Waals surface area (Å²) in [5, 5.41) is 3.47. The van der Waals surface area contributed by atoms with Crippen LogP contribution in [0.1, 0.15) is 24.0 Å². The van der Waals surface area contributed by atoms with Crippen molar-refractivity contribution >= 4 is 5.91 Å². The normalized spacial score (nSPS) is 15.9. The summed E-state index contributed by atoms with van der Waals surface area (Å²) in [6, 6.07) is 19.9. The highest BCUT2D eigenvalue weighted by atomic mass is 16.5. The van der Waals surface area contributed by atoms with E-state index in [4.69, 9.17) is 4.74 Å². The van der Waals surface area contributed by atoms with Crippen LogP contribution in [0.25, 0.3) is 0 Å². The fourth-order valence-corrected chi connectivity index (χ4v) is 3.57. The number of amides is 1. The van der Waals surface area contributed by atoms with Gasteiger partial charge in [0, 0.05) is 25.6 Å². The van der Waals surface area contributed by atoms with Gasteiger partial charge in [0.1, 0.15) is 0 Å². The van der Waals surface area contributed by atoms with Crippen LogP contribution in [-0.4, -0.2) is 36.5 Å². The summed E-state index contributed by atoms with van der Waals surface area (Å²) in [4.78, 5) is 15.1. The molecule has 0 aliphatic carbocycles. The largest absolute Gasteiger partial charge is 0.376 e. The molecule has 1 aliphatic rings. The molecule has 0 aromatic heterocycles. The van der Waals surface area contributed by atoms with Gasteiger partial charge in [0.15, 0.2) is 0 Å². The summed E-state index contributed by atoms with van der Waals surface area (Å²) >= 11 is 0. The maximum Gasteiger partial charge on any atom is 0.240 e. The monoisotopic (exact) mass is 378 g/mol. The van der Waals surface area contributed by atoms with Crippen LogP contribution in [0.2, 0.25) is 0 Å². The van der Waals surface area contributed by atoms with Gasteiger partial charge in [-0.15, -0.1) is 6.58 Å². The van der Waals surface area contributed by atoms with Crippen molar-refractivity contribution in [3.63, 3.8) is 0 Å². The molecule has 2 atom stereocenters. The summed E-state index contributed by atoms with van der Waals surface area (Å²) in [7, 11) is 0. The molecule has 0 unspecified atom stereocenters. The van der Waals surface area contributed by atoms with Gasteiger partial charge in [-0.1, -0.05) is 66.7 Å². The SMILES string of the molecule is C=C[C@H](COCc1ccccc1)[C@@H](NCc1ccccc1)C(=O)N1CCCC1. The van der Waals surface area contributed by atoms with E-state index in [1.807, 2.05) is 59.5 Å². The quantitative estimate of drug-likeness (QED) is 0.640. The van der Waals surface area contributed by atoms with Crippen LogP contribution in [0, 0.1) is 5.92 Å². The van der Waals surface area contributed by atoms with Crippen molar-refractivity contribution in [2.45, 2.75) is 32.0 Å². The highest BCUT2D eigenvalue weighted by molar-refractivity contribution is 5.82. The number of carbonyl (C=O) groups is 1. The van der Waals surface area contributed by atoms with E-state index in [0.29, 0.717) is 19.8 Å². The zero-order chi connectivity index (χ0) is 19.6. The molecule has 2 aromatic carbocycles. The first-order valence-corrected chi connectivity index (χ1v) is 10.1.